The first-order valence-corrected chi connectivity index (χ1v) is 6.52. The largest absolute Gasteiger partial charge is 0.496 e. The van der Waals surface area contributed by atoms with E-state index in [1.807, 2.05) is 30.3 Å². The van der Waals surface area contributed by atoms with Crippen LogP contribution in [0.3, 0.4) is 0 Å². The molecule has 0 unspecified atom stereocenters. The van der Waals surface area contributed by atoms with Gasteiger partial charge in [0.25, 0.3) is 0 Å². The average molecular weight is 286 g/mol. The van der Waals surface area contributed by atoms with Crippen LogP contribution >= 0.6 is 0 Å². The van der Waals surface area contributed by atoms with Crippen LogP contribution in [0.1, 0.15) is 21.5 Å². The number of ether oxygens (including phenoxy) is 1. The number of anilines is 2. The summed E-state index contributed by atoms with van der Waals surface area (Å²) in [5.74, 6) is -0.243. The summed E-state index contributed by atoms with van der Waals surface area (Å²) in [6.07, 6.45) is 0. The van der Waals surface area contributed by atoms with Crippen molar-refractivity contribution in [3.05, 3.63) is 53.1 Å². The maximum atomic E-state index is 11.2. The molecule has 2 aromatic rings. The average Bonchev–Trinajstić information content (AvgIpc) is 2.48. The third kappa shape index (κ3) is 3.25. The van der Waals surface area contributed by atoms with Crippen LogP contribution in [0.15, 0.2) is 36.4 Å². The molecule has 5 nitrogen and oxygen atoms in total. The minimum Gasteiger partial charge on any atom is -0.496 e. The minimum absolute atomic E-state index is 0.109. The first-order valence-electron chi connectivity index (χ1n) is 6.52. The van der Waals surface area contributed by atoms with E-state index in [1.54, 1.807) is 20.1 Å². The number of benzene rings is 2. The number of carbonyl (C=O) groups is 1. The summed E-state index contributed by atoms with van der Waals surface area (Å²) in [5, 5.41) is 12.4. The van der Waals surface area contributed by atoms with Crippen LogP contribution in [-0.4, -0.2) is 18.2 Å². The van der Waals surface area contributed by atoms with Crippen LogP contribution < -0.4 is 15.8 Å². The molecule has 5 heteroatoms. The van der Waals surface area contributed by atoms with E-state index in [9.17, 15) is 4.79 Å². The molecule has 2 rings (SSSR count). The summed E-state index contributed by atoms with van der Waals surface area (Å²) in [5.41, 5.74) is 8.62. The standard InChI is InChI=1S/C16H18N2O3/c1-10-7-12(8-13(15(10)17)16(19)20)18-9-11-5-3-4-6-14(11)21-2/h3-8,18H,9,17H2,1-2H3,(H,19,20). The summed E-state index contributed by atoms with van der Waals surface area (Å²) in [6, 6.07) is 11.0. The number of aromatic carboxylic acids is 1. The van der Waals surface area contributed by atoms with Gasteiger partial charge in [-0.2, -0.15) is 0 Å². The van der Waals surface area contributed by atoms with Gasteiger partial charge in [-0.1, -0.05) is 18.2 Å². The van der Waals surface area contributed by atoms with Crippen molar-refractivity contribution in [3.8, 4) is 5.75 Å². The van der Waals surface area contributed by atoms with Crippen molar-refractivity contribution >= 4 is 17.3 Å². The Labute approximate surface area is 123 Å². The smallest absolute Gasteiger partial charge is 0.337 e. The SMILES string of the molecule is COc1ccccc1CNc1cc(C)c(N)c(C(=O)O)c1. The maximum absolute atomic E-state index is 11.2. The lowest BCUT2D eigenvalue weighted by Crippen LogP contribution is -2.07. The van der Waals surface area contributed by atoms with Crippen LogP contribution in [-0.2, 0) is 6.54 Å². The summed E-state index contributed by atoms with van der Waals surface area (Å²) in [6.45, 7) is 2.32. The number of carboxylic acids is 1. The summed E-state index contributed by atoms with van der Waals surface area (Å²) in [7, 11) is 1.62. The van der Waals surface area contributed by atoms with Gasteiger partial charge < -0.3 is 20.9 Å². The normalized spacial score (nSPS) is 10.2. The Bertz CT molecular complexity index is 669. The highest BCUT2D eigenvalue weighted by atomic mass is 16.5. The highest BCUT2D eigenvalue weighted by Crippen LogP contribution is 2.24. The fourth-order valence-electron chi connectivity index (χ4n) is 2.12. The second kappa shape index (κ2) is 6.17. The number of aryl methyl sites for hydroxylation is 1. The molecule has 0 heterocycles. The van der Waals surface area contributed by atoms with Gasteiger partial charge in [0.05, 0.1) is 12.7 Å². The molecule has 0 saturated carbocycles. The van der Waals surface area contributed by atoms with E-state index in [0.717, 1.165) is 16.9 Å². The van der Waals surface area contributed by atoms with Crippen LogP contribution in [0.2, 0.25) is 0 Å². The first-order chi connectivity index (χ1) is 10.0. The van der Waals surface area contributed by atoms with Gasteiger partial charge in [0.1, 0.15) is 5.75 Å². The fraction of sp³-hybridized carbons (Fsp3) is 0.188. The van der Waals surface area contributed by atoms with Crippen LogP contribution in [0.5, 0.6) is 5.75 Å². The highest BCUT2D eigenvalue weighted by Gasteiger charge is 2.12. The van der Waals surface area contributed by atoms with Crippen molar-refractivity contribution in [2.24, 2.45) is 0 Å². The van der Waals surface area contributed by atoms with E-state index >= 15 is 0 Å². The summed E-state index contributed by atoms with van der Waals surface area (Å²) < 4.78 is 5.28. The van der Waals surface area contributed by atoms with Crippen molar-refractivity contribution in [2.75, 3.05) is 18.2 Å². The van der Waals surface area contributed by atoms with Crippen LogP contribution in [0.25, 0.3) is 0 Å². The number of hydrogen-bond donors (Lipinski definition) is 3. The monoisotopic (exact) mass is 286 g/mol. The number of para-hydroxylation sites is 1. The van der Waals surface area contributed by atoms with Gasteiger partial charge in [-0.05, 0) is 30.7 Å². The van der Waals surface area contributed by atoms with Crippen molar-refractivity contribution in [3.63, 3.8) is 0 Å². The van der Waals surface area contributed by atoms with E-state index in [1.165, 1.54) is 0 Å². The Hall–Kier alpha value is -2.69. The van der Waals surface area contributed by atoms with Crippen molar-refractivity contribution in [2.45, 2.75) is 13.5 Å². The molecule has 0 amide bonds. The number of rotatable bonds is 5. The zero-order valence-electron chi connectivity index (χ0n) is 12.0. The number of nitrogens with two attached hydrogens (primary N) is 1. The van der Waals surface area contributed by atoms with Gasteiger partial charge in [-0.15, -0.1) is 0 Å². The molecule has 0 aliphatic carbocycles. The molecule has 21 heavy (non-hydrogen) atoms. The molecule has 0 fully saturated rings. The van der Waals surface area contributed by atoms with E-state index < -0.39 is 5.97 Å². The van der Waals surface area contributed by atoms with Gasteiger partial charge >= 0.3 is 5.97 Å². The van der Waals surface area contributed by atoms with Crippen molar-refractivity contribution in [1.29, 1.82) is 0 Å². The van der Waals surface area contributed by atoms with Gasteiger partial charge in [0.15, 0.2) is 0 Å². The molecular formula is C16H18N2O3. The molecule has 0 spiro atoms. The van der Waals surface area contributed by atoms with Gasteiger partial charge in [0.2, 0.25) is 0 Å². The first kappa shape index (κ1) is 14.7. The molecule has 0 radical (unpaired) electrons. The molecule has 0 aromatic heterocycles. The molecule has 0 atom stereocenters. The van der Waals surface area contributed by atoms with Crippen molar-refractivity contribution < 1.29 is 14.6 Å². The summed E-state index contributed by atoms with van der Waals surface area (Å²) >= 11 is 0. The Kier molecular flexibility index (Phi) is 4.33. The Morgan fingerprint density at radius 1 is 1.33 bits per heavy atom. The third-order valence-corrected chi connectivity index (χ3v) is 3.29. The molecule has 0 saturated heterocycles. The predicted octanol–water partition coefficient (Wildman–Crippen LogP) is 2.90. The minimum atomic E-state index is -1.03. The lowest BCUT2D eigenvalue weighted by molar-refractivity contribution is 0.0698. The van der Waals surface area contributed by atoms with Gasteiger partial charge in [-0.3, -0.25) is 0 Å². The van der Waals surface area contributed by atoms with E-state index in [2.05, 4.69) is 5.32 Å². The maximum Gasteiger partial charge on any atom is 0.337 e. The fourth-order valence-corrected chi connectivity index (χ4v) is 2.12. The lowest BCUT2D eigenvalue weighted by Gasteiger charge is -2.13. The second-order valence-electron chi connectivity index (χ2n) is 4.72. The second-order valence-corrected chi connectivity index (χ2v) is 4.72. The number of carboxylic acid groups (broad SMARTS) is 1. The van der Waals surface area contributed by atoms with Crippen LogP contribution in [0.4, 0.5) is 11.4 Å². The van der Waals surface area contributed by atoms with E-state index in [0.29, 0.717) is 17.9 Å². The molecule has 0 bridgehead atoms. The topological polar surface area (TPSA) is 84.6 Å². The van der Waals surface area contributed by atoms with Crippen molar-refractivity contribution in [1.82, 2.24) is 0 Å². The predicted molar refractivity (Wildman–Crippen MR) is 82.9 cm³/mol. The Morgan fingerprint density at radius 3 is 2.71 bits per heavy atom. The number of nitrogens with one attached hydrogen (secondary N) is 1. The summed E-state index contributed by atoms with van der Waals surface area (Å²) in [4.78, 5) is 11.2. The molecule has 0 aliphatic rings. The van der Waals surface area contributed by atoms with Crippen LogP contribution in [0, 0.1) is 6.92 Å². The molecule has 2 aromatic carbocycles. The van der Waals surface area contributed by atoms with E-state index in [-0.39, 0.29) is 5.56 Å². The third-order valence-electron chi connectivity index (χ3n) is 3.29. The molecule has 4 N–H and O–H groups in total. The lowest BCUT2D eigenvalue weighted by atomic mass is 10.1. The molecule has 110 valence electrons. The molecule has 0 aliphatic heterocycles. The quantitative estimate of drug-likeness (QED) is 0.736. The zero-order chi connectivity index (χ0) is 15.4. The Morgan fingerprint density at radius 2 is 2.05 bits per heavy atom. The van der Waals surface area contributed by atoms with E-state index in [4.69, 9.17) is 15.6 Å². The number of hydrogen-bond acceptors (Lipinski definition) is 4. The number of methoxy groups -OCH3 is 1. The highest BCUT2D eigenvalue weighted by molar-refractivity contribution is 5.95. The van der Waals surface area contributed by atoms with Gasteiger partial charge in [-0.25, -0.2) is 4.79 Å². The zero-order valence-corrected chi connectivity index (χ0v) is 12.0. The molecular weight excluding hydrogens is 268 g/mol. The Balaban J connectivity index is 2.22. The van der Waals surface area contributed by atoms with Gasteiger partial charge in [0, 0.05) is 23.5 Å². The number of nitrogen functional groups attached to an aromatic ring is 1.